The average molecular weight is 297 g/mol. The molecule has 0 spiro atoms. The number of amides is 2. The minimum absolute atomic E-state index is 0.213. The summed E-state index contributed by atoms with van der Waals surface area (Å²) in [5.74, 6) is 0. The Labute approximate surface area is 128 Å². The standard InChI is InChI=1S/C16H31N3O2/c1-4-15(12-20)17-8-10-18(11-9-17)16(21)19-13(2)6-5-7-14(19)3/h13-15,20H,4-12H2,1-3H3. The molecule has 2 aliphatic heterocycles. The Kier molecular flexibility index (Phi) is 5.88. The molecule has 1 N–H and O–H groups in total. The van der Waals surface area contributed by atoms with Crippen LogP contribution in [-0.2, 0) is 0 Å². The van der Waals surface area contributed by atoms with E-state index in [4.69, 9.17) is 0 Å². The second-order valence-electron chi connectivity index (χ2n) is 6.59. The molecule has 2 rings (SSSR count). The molecule has 5 heteroatoms. The van der Waals surface area contributed by atoms with E-state index in [1.165, 1.54) is 6.42 Å². The Morgan fingerprint density at radius 3 is 2.19 bits per heavy atom. The first-order valence-electron chi connectivity index (χ1n) is 8.50. The van der Waals surface area contributed by atoms with Gasteiger partial charge in [0.15, 0.2) is 0 Å². The van der Waals surface area contributed by atoms with Crippen LogP contribution in [0.15, 0.2) is 0 Å². The zero-order chi connectivity index (χ0) is 15.4. The summed E-state index contributed by atoms with van der Waals surface area (Å²) in [6.45, 7) is 9.98. The van der Waals surface area contributed by atoms with Crippen molar-refractivity contribution in [2.75, 3.05) is 32.8 Å². The summed E-state index contributed by atoms with van der Waals surface area (Å²) in [6, 6.07) is 1.18. The summed E-state index contributed by atoms with van der Waals surface area (Å²) in [6.07, 6.45) is 4.44. The third-order valence-corrected chi connectivity index (χ3v) is 5.20. The highest BCUT2D eigenvalue weighted by atomic mass is 16.3. The topological polar surface area (TPSA) is 47.0 Å². The lowest BCUT2D eigenvalue weighted by molar-refractivity contribution is 0.0491. The predicted molar refractivity (Wildman–Crippen MR) is 84.3 cm³/mol. The smallest absolute Gasteiger partial charge is 0.320 e. The number of hydrogen-bond donors (Lipinski definition) is 1. The third kappa shape index (κ3) is 3.69. The molecule has 2 fully saturated rings. The molecule has 0 saturated carbocycles. The highest BCUT2D eigenvalue weighted by molar-refractivity contribution is 5.75. The molecule has 0 aromatic carbocycles. The van der Waals surface area contributed by atoms with Gasteiger partial charge in [0.1, 0.15) is 0 Å². The van der Waals surface area contributed by atoms with Gasteiger partial charge in [-0.1, -0.05) is 6.92 Å². The maximum atomic E-state index is 12.8. The first kappa shape index (κ1) is 16.6. The van der Waals surface area contributed by atoms with Crippen LogP contribution in [0.1, 0.15) is 46.5 Å². The quantitative estimate of drug-likeness (QED) is 0.863. The van der Waals surface area contributed by atoms with E-state index in [1.54, 1.807) is 0 Å². The monoisotopic (exact) mass is 297 g/mol. The van der Waals surface area contributed by atoms with Crippen molar-refractivity contribution in [3.63, 3.8) is 0 Å². The van der Waals surface area contributed by atoms with E-state index in [0.717, 1.165) is 45.4 Å². The molecule has 5 nitrogen and oxygen atoms in total. The fourth-order valence-electron chi connectivity index (χ4n) is 3.74. The van der Waals surface area contributed by atoms with Crippen LogP contribution in [0.2, 0.25) is 0 Å². The number of aliphatic hydroxyl groups excluding tert-OH is 1. The van der Waals surface area contributed by atoms with Crippen molar-refractivity contribution >= 4 is 6.03 Å². The Morgan fingerprint density at radius 2 is 1.71 bits per heavy atom. The van der Waals surface area contributed by atoms with Gasteiger partial charge in [-0.2, -0.15) is 0 Å². The van der Waals surface area contributed by atoms with Gasteiger partial charge in [0.25, 0.3) is 0 Å². The van der Waals surface area contributed by atoms with Crippen molar-refractivity contribution in [3.05, 3.63) is 0 Å². The number of carbonyl (C=O) groups is 1. The number of hydrogen-bond acceptors (Lipinski definition) is 3. The number of piperazine rings is 1. The molecule has 0 radical (unpaired) electrons. The molecule has 0 bridgehead atoms. The molecule has 3 unspecified atom stereocenters. The van der Waals surface area contributed by atoms with Crippen LogP contribution < -0.4 is 0 Å². The lowest BCUT2D eigenvalue weighted by atomic mass is 9.98. The highest BCUT2D eigenvalue weighted by Gasteiger charge is 2.33. The van der Waals surface area contributed by atoms with Crippen LogP contribution in [0.3, 0.4) is 0 Å². The van der Waals surface area contributed by atoms with Gasteiger partial charge in [-0.25, -0.2) is 4.79 Å². The normalized spacial score (nSPS) is 29.5. The van der Waals surface area contributed by atoms with Crippen LogP contribution in [0.5, 0.6) is 0 Å². The summed E-state index contributed by atoms with van der Waals surface area (Å²) in [4.78, 5) is 19.2. The van der Waals surface area contributed by atoms with Crippen LogP contribution in [0.4, 0.5) is 4.79 Å². The third-order valence-electron chi connectivity index (χ3n) is 5.20. The van der Waals surface area contributed by atoms with E-state index in [2.05, 4.69) is 30.6 Å². The van der Waals surface area contributed by atoms with Crippen molar-refractivity contribution in [2.45, 2.75) is 64.6 Å². The number of urea groups is 1. The minimum atomic E-state index is 0.213. The number of likely N-dealkylation sites (tertiary alicyclic amines) is 1. The van der Waals surface area contributed by atoms with Crippen LogP contribution in [0.25, 0.3) is 0 Å². The summed E-state index contributed by atoms with van der Waals surface area (Å²) in [7, 11) is 0. The summed E-state index contributed by atoms with van der Waals surface area (Å²) < 4.78 is 0. The molecular formula is C16H31N3O2. The lowest BCUT2D eigenvalue weighted by Gasteiger charge is -2.45. The van der Waals surface area contributed by atoms with E-state index in [0.29, 0.717) is 12.1 Å². The van der Waals surface area contributed by atoms with E-state index in [9.17, 15) is 9.90 Å². The van der Waals surface area contributed by atoms with Gasteiger partial charge in [-0.3, -0.25) is 4.90 Å². The maximum absolute atomic E-state index is 12.8. The molecule has 3 atom stereocenters. The molecule has 0 aromatic heterocycles. The fraction of sp³-hybridized carbons (Fsp3) is 0.938. The number of piperidine rings is 1. The zero-order valence-electron chi connectivity index (χ0n) is 13.8. The molecule has 2 aliphatic rings. The predicted octanol–water partition coefficient (Wildman–Crippen LogP) is 1.76. The molecule has 2 saturated heterocycles. The minimum Gasteiger partial charge on any atom is -0.395 e. The highest BCUT2D eigenvalue weighted by Crippen LogP contribution is 2.24. The van der Waals surface area contributed by atoms with Crippen LogP contribution >= 0.6 is 0 Å². The second-order valence-corrected chi connectivity index (χ2v) is 6.59. The van der Waals surface area contributed by atoms with Crippen molar-refractivity contribution in [2.24, 2.45) is 0 Å². The Balaban J connectivity index is 1.90. The Hall–Kier alpha value is -0.810. The van der Waals surface area contributed by atoms with E-state index >= 15 is 0 Å². The lowest BCUT2D eigenvalue weighted by Crippen LogP contribution is -2.58. The summed E-state index contributed by atoms with van der Waals surface area (Å²) >= 11 is 0. The molecule has 2 heterocycles. The van der Waals surface area contributed by atoms with Crippen molar-refractivity contribution < 1.29 is 9.90 Å². The SMILES string of the molecule is CCC(CO)N1CCN(C(=O)N2C(C)CCCC2C)CC1. The van der Waals surface area contributed by atoms with Gasteiger partial charge in [-0.15, -0.1) is 0 Å². The van der Waals surface area contributed by atoms with Gasteiger partial charge in [-0.05, 0) is 39.5 Å². The van der Waals surface area contributed by atoms with Crippen molar-refractivity contribution in [1.82, 2.24) is 14.7 Å². The van der Waals surface area contributed by atoms with Crippen LogP contribution in [-0.4, -0.2) is 76.7 Å². The van der Waals surface area contributed by atoms with Gasteiger partial charge in [0.2, 0.25) is 0 Å². The average Bonchev–Trinajstić information content (AvgIpc) is 2.49. The van der Waals surface area contributed by atoms with Gasteiger partial charge in [0.05, 0.1) is 6.61 Å². The van der Waals surface area contributed by atoms with Crippen LogP contribution in [0, 0.1) is 0 Å². The van der Waals surface area contributed by atoms with Gasteiger partial charge >= 0.3 is 6.03 Å². The molecule has 2 amide bonds. The number of rotatable bonds is 3. The molecular weight excluding hydrogens is 266 g/mol. The molecule has 0 aromatic rings. The molecule has 122 valence electrons. The first-order valence-corrected chi connectivity index (χ1v) is 8.50. The second kappa shape index (κ2) is 7.45. The number of aliphatic hydroxyl groups is 1. The largest absolute Gasteiger partial charge is 0.395 e. The number of nitrogens with zero attached hydrogens (tertiary/aromatic N) is 3. The van der Waals surface area contributed by atoms with E-state index in [-0.39, 0.29) is 18.7 Å². The van der Waals surface area contributed by atoms with Crippen molar-refractivity contribution in [3.8, 4) is 0 Å². The number of carbonyl (C=O) groups excluding carboxylic acids is 1. The van der Waals surface area contributed by atoms with Gasteiger partial charge < -0.3 is 14.9 Å². The van der Waals surface area contributed by atoms with E-state index in [1.807, 2.05) is 4.90 Å². The van der Waals surface area contributed by atoms with E-state index < -0.39 is 0 Å². The molecule has 0 aliphatic carbocycles. The first-order chi connectivity index (χ1) is 10.1. The Bertz CT molecular complexity index is 328. The summed E-state index contributed by atoms with van der Waals surface area (Å²) in [5.41, 5.74) is 0. The van der Waals surface area contributed by atoms with Gasteiger partial charge in [0, 0.05) is 44.3 Å². The maximum Gasteiger partial charge on any atom is 0.320 e. The van der Waals surface area contributed by atoms with Crippen molar-refractivity contribution in [1.29, 1.82) is 0 Å². The zero-order valence-corrected chi connectivity index (χ0v) is 13.8. The summed E-state index contributed by atoms with van der Waals surface area (Å²) in [5, 5.41) is 9.40. The fourth-order valence-corrected chi connectivity index (χ4v) is 3.74. The molecule has 21 heavy (non-hydrogen) atoms. The Morgan fingerprint density at radius 1 is 1.14 bits per heavy atom.